The zero-order valence-electron chi connectivity index (χ0n) is 10.5. The number of halogens is 1. The van der Waals surface area contributed by atoms with E-state index >= 15 is 0 Å². The zero-order valence-corrected chi connectivity index (χ0v) is 12.7. The molecule has 0 amide bonds. The van der Waals surface area contributed by atoms with Crippen molar-refractivity contribution in [3.05, 3.63) is 31.9 Å². The maximum absolute atomic E-state index is 11.0. The Morgan fingerprint density at radius 2 is 2.16 bits per heavy atom. The third-order valence-electron chi connectivity index (χ3n) is 3.58. The third-order valence-corrected chi connectivity index (χ3v) is 4.25. The molecule has 1 saturated carbocycles. The highest BCUT2D eigenvalue weighted by Crippen LogP contribution is 2.29. The van der Waals surface area contributed by atoms with Gasteiger partial charge in [0, 0.05) is 22.1 Å². The molecule has 0 spiro atoms. The average Bonchev–Trinajstić information content (AvgIpc) is 2.38. The Bertz CT molecular complexity index is 467. The van der Waals surface area contributed by atoms with Crippen LogP contribution in [-0.4, -0.2) is 22.7 Å². The van der Waals surface area contributed by atoms with E-state index in [2.05, 4.69) is 27.9 Å². The Morgan fingerprint density at radius 3 is 2.84 bits per heavy atom. The fraction of sp³-hybridized carbons (Fsp3) is 0.538. The second-order valence-corrected chi connectivity index (χ2v) is 6.16. The number of hydrogen-bond donors (Lipinski definition) is 2. The van der Waals surface area contributed by atoms with Crippen molar-refractivity contribution in [3.8, 4) is 0 Å². The molecule has 2 rings (SSSR count). The van der Waals surface area contributed by atoms with Crippen molar-refractivity contribution in [1.29, 1.82) is 0 Å². The van der Waals surface area contributed by atoms with Crippen LogP contribution in [0.15, 0.2) is 18.2 Å². The van der Waals surface area contributed by atoms with Gasteiger partial charge in [-0.25, -0.2) is 0 Å². The van der Waals surface area contributed by atoms with E-state index in [0.717, 1.165) is 29.3 Å². The number of aliphatic hydroxyl groups is 1. The van der Waals surface area contributed by atoms with Crippen LogP contribution in [0.25, 0.3) is 0 Å². The summed E-state index contributed by atoms with van der Waals surface area (Å²) in [6, 6.07) is 5.13. The van der Waals surface area contributed by atoms with E-state index in [0.29, 0.717) is 12.2 Å². The SMILES string of the molecule is O=[N+]([O-])c1cc(I)ccc1NCC1CCCCC1O. The Hall–Kier alpha value is -0.890. The number of nitro benzene ring substituents is 1. The van der Waals surface area contributed by atoms with Crippen molar-refractivity contribution in [3.63, 3.8) is 0 Å². The van der Waals surface area contributed by atoms with Gasteiger partial charge in [0.25, 0.3) is 5.69 Å². The molecule has 1 fully saturated rings. The lowest BCUT2D eigenvalue weighted by molar-refractivity contribution is -0.384. The van der Waals surface area contributed by atoms with Crippen LogP contribution in [0.5, 0.6) is 0 Å². The lowest BCUT2D eigenvalue weighted by Crippen LogP contribution is -2.30. The molecule has 6 heteroatoms. The van der Waals surface area contributed by atoms with Gasteiger partial charge in [0.1, 0.15) is 5.69 Å². The predicted molar refractivity (Wildman–Crippen MR) is 82.3 cm³/mol. The molecule has 2 atom stereocenters. The minimum atomic E-state index is -0.373. The molecular weight excluding hydrogens is 359 g/mol. The van der Waals surface area contributed by atoms with E-state index in [1.165, 1.54) is 0 Å². The topological polar surface area (TPSA) is 75.4 Å². The second-order valence-electron chi connectivity index (χ2n) is 4.91. The maximum atomic E-state index is 11.0. The van der Waals surface area contributed by atoms with Crippen LogP contribution in [0.1, 0.15) is 25.7 Å². The van der Waals surface area contributed by atoms with Crippen LogP contribution < -0.4 is 5.32 Å². The summed E-state index contributed by atoms with van der Waals surface area (Å²) in [7, 11) is 0. The van der Waals surface area contributed by atoms with Gasteiger partial charge in [0.2, 0.25) is 0 Å². The van der Waals surface area contributed by atoms with Crippen molar-refractivity contribution in [2.75, 3.05) is 11.9 Å². The van der Waals surface area contributed by atoms with Crippen LogP contribution in [0.4, 0.5) is 11.4 Å². The van der Waals surface area contributed by atoms with E-state index in [9.17, 15) is 15.2 Å². The molecule has 1 aliphatic rings. The first-order valence-electron chi connectivity index (χ1n) is 6.44. The monoisotopic (exact) mass is 376 g/mol. The van der Waals surface area contributed by atoms with Crippen molar-refractivity contribution < 1.29 is 10.0 Å². The summed E-state index contributed by atoms with van der Waals surface area (Å²) in [4.78, 5) is 10.6. The standard InChI is InChI=1S/C13H17IN2O3/c14-10-5-6-11(12(7-10)16(18)19)15-8-9-3-1-2-4-13(9)17/h5-7,9,13,15,17H,1-4,8H2. The summed E-state index contributed by atoms with van der Waals surface area (Å²) in [5.41, 5.74) is 0.625. The normalized spacial score (nSPS) is 23.1. The van der Waals surface area contributed by atoms with Gasteiger partial charge in [0.15, 0.2) is 0 Å². The van der Waals surface area contributed by atoms with Crippen LogP contribution in [0, 0.1) is 19.6 Å². The van der Waals surface area contributed by atoms with Crippen molar-refractivity contribution in [2.45, 2.75) is 31.8 Å². The average molecular weight is 376 g/mol. The molecule has 1 aromatic carbocycles. The molecule has 0 bridgehead atoms. The van der Waals surface area contributed by atoms with Gasteiger partial charge in [-0.05, 0) is 47.6 Å². The summed E-state index contributed by atoms with van der Waals surface area (Å²) in [5.74, 6) is 0.188. The summed E-state index contributed by atoms with van der Waals surface area (Å²) in [6.45, 7) is 0.586. The summed E-state index contributed by atoms with van der Waals surface area (Å²) in [5, 5.41) is 24.0. The summed E-state index contributed by atoms with van der Waals surface area (Å²) >= 11 is 2.06. The van der Waals surface area contributed by atoms with Gasteiger partial charge in [-0.3, -0.25) is 10.1 Å². The number of nitro groups is 1. The van der Waals surface area contributed by atoms with E-state index in [1.54, 1.807) is 12.1 Å². The van der Waals surface area contributed by atoms with Gasteiger partial charge >= 0.3 is 0 Å². The smallest absolute Gasteiger partial charge is 0.293 e. The Labute approximate surface area is 125 Å². The fourth-order valence-electron chi connectivity index (χ4n) is 2.47. The van der Waals surface area contributed by atoms with E-state index in [4.69, 9.17) is 0 Å². The number of aliphatic hydroxyl groups excluding tert-OH is 1. The van der Waals surface area contributed by atoms with E-state index < -0.39 is 0 Å². The van der Waals surface area contributed by atoms with Crippen molar-refractivity contribution >= 4 is 34.0 Å². The molecule has 2 N–H and O–H groups in total. The summed E-state index contributed by atoms with van der Waals surface area (Å²) < 4.78 is 0.840. The van der Waals surface area contributed by atoms with Crippen LogP contribution >= 0.6 is 22.6 Å². The molecule has 0 heterocycles. The van der Waals surface area contributed by atoms with Gasteiger partial charge in [-0.1, -0.05) is 12.8 Å². The Balaban J connectivity index is 2.04. The molecule has 19 heavy (non-hydrogen) atoms. The minimum absolute atomic E-state index is 0.0946. The largest absolute Gasteiger partial charge is 0.393 e. The third kappa shape index (κ3) is 3.79. The van der Waals surface area contributed by atoms with Crippen molar-refractivity contribution in [1.82, 2.24) is 0 Å². The second kappa shape index (κ2) is 6.51. The number of benzene rings is 1. The van der Waals surface area contributed by atoms with Gasteiger partial charge in [-0.15, -0.1) is 0 Å². The quantitative estimate of drug-likeness (QED) is 0.481. The lowest BCUT2D eigenvalue weighted by atomic mass is 9.86. The molecule has 0 radical (unpaired) electrons. The molecule has 0 aromatic heterocycles. The van der Waals surface area contributed by atoms with E-state index in [1.807, 2.05) is 6.07 Å². The first-order valence-corrected chi connectivity index (χ1v) is 7.51. The number of anilines is 1. The molecule has 104 valence electrons. The highest BCUT2D eigenvalue weighted by atomic mass is 127. The molecule has 2 unspecified atom stereocenters. The molecule has 1 aliphatic carbocycles. The van der Waals surface area contributed by atoms with Crippen LogP contribution in [-0.2, 0) is 0 Å². The fourth-order valence-corrected chi connectivity index (χ4v) is 2.95. The highest BCUT2D eigenvalue weighted by molar-refractivity contribution is 14.1. The van der Waals surface area contributed by atoms with Gasteiger partial charge < -0.3 is 10.4 Å². The lowest BCUT2D eigenvalue weighted by Gasteiger charge is -2.27. The van der Waals surface area contributed by atoms with Gasteiger partial charge in [0.05, 0.1) is 11.0 Å². The van der Waals surface area contributed by atoms with Crippen molar-refractivity contribution in [2.24, 2.45) is 5.92 Å². The van der Waals surface area contributed by atoms with E-state index in [-0.39, 0.29) is 22.6 Å². The van der Waals surface area contributed by atoms with Crippen LogP contribution in [0.3, 0.4) is 0 Å². The molecule has 1 aromatic rings. The number of nitrogens with one attached hydrogen (secondary N) is 1. The minimum Gasteiger partial charge on any atom is -0.393 e. The van der Waals surface area contributed by atoms with Gasteiger partial charge in [-0.2, -0.15) is 0 Å². The number of hydrogen-bond acceptors (Lipinski definition) is 4. The molecule has 5 nitrogen and oxygen atoms in total. The van der Waals surface area contributed by atoms with Crippen LogP contribution in [0.2, 0.25) is 0 Å². The first-order chi connectivity index (χ1) is 9.08. The number of nitrogens with zero attached hydrogens (tertiary/aromatic N) is 1. The molecule has 0 aliphatic heterocycles. The molecular formula is C13H17IN2O3. The molecule has 0 saturated heterocycles. The first kappa shape index (κ1) is 14.5. The zero-order chi connectivity index (χ0) is 13.8. The predicted octanol–water partition coefficient (Wildman–Crippen LogP) is 3.16. The number of rotatable bonds is 4. The maximum Gasteiger partial charge on any atom is 0.293 e. The summed E-state index contributed by atoms with van der Waals surface area (Å²) in [6.07, 6.45) is 3.72. The highest BCUT2D eigenvalue weighted by Gasteiger charge is 2.23. The Kier molecular flexibility index (Phi) is 4.98. The Morgan fingerprint density at radius 1 is 1.42 bits per heavy atom.